The quantitative estimate of drug-likeness (QED) is 0.659. The number of carbonyl (C=O) groups is 4. The average molecular weight is 450 g/mol. The number of hydrazine groups is 1. The predicted molar refractivity (Wildman–Crippen MR) is 110 cm³/mol. The minimum atomic E-state index is -0.791. The number of nitrogens with one attached hydrogen (secondary N) is 2. The summed E-state index contributed by atoms with van der Waals surface area (Å²) in [5, 5.41) is 4.24. The number of rotatable bonds is 6. The van der Waals surface area contributed by atoms with Crippen molar-refractivity contribution in [2.45, 2.75) is 6.42 Å². The summed E-state index contributed by atoms with van der Waals surface area (Å²) < 4.78 is 5.00. The fourth-order valence-electron chi connectivity index (χ4n) is 2.78. The lowest BCUT2D eigenvalue weighted by molar-refractivity contribution is -0.151. The molecule has 0 radical (unpaired) electrons. The van der Waals surface area contributed by atoms with Crippen LogP contribution in [-0.2, 0) is 19.1 Å². The van der Waals surface area contributed by atoms with Crippen LogP contribution < -0.4 is 10.7 Å². The van der Waals surface area contributed by atoms with Crippen LogP contribution in [0.1, 0.15) is 16.8 Å². The number of amides is 3. The molecule has 0 spiro atoms. The number of nitrogens with zero attached hydrogens (tertiary/aromatic N) is 1. The topological polar surface area (TPSA) is 105 Å². The van der Waals surface area contributed by atoms with Gasteiger partial charge < -0.3 is 10.1 Å². The van der Waals surface area contributed by atoms with Crippen molar-refractivity contribution in [3.05, 3.63) is 64.1 Å². The second kappa shape index (κ2) is 9.60. The molecule has 1 saturated heterocycles. The van der Waals surface area contributed by atoms with Gasteiger partial charge in [-0.25, -0.2) is 0 Å². The van der Waals surface area contributed by atoms with E-state index >= 15 is 0 Å². The molecule has 1 aliphatic heterocycles. The number of esters is 1. The molecule has 0 aliphatic carbocycles. The predicted octanol–water partition coefficient (Wildman–Crippen LogP) is 2.67. The Hall–Kier alpha value is -3.10. The molecule has 2 N–H and O–H groups in total. The van der Waals surface area contributed by atoms with E-state index in [0.29, 0.717) is 16.3 Å². The minimum absolute atomic E-state index is 0.0408. The molecule has 1 atom stereocenters. The van der Waals surface area contributed by atoms with E-state index in [1.54, 1.807) is 36.4 Å². The number of ether oxygens (including phenoxy) is 1. The van der Waals surface area contributed by atoms with Crippen molar-refractivity contribution in [3.63, 3.8) is 0 Å². The Morgan fingerprint density at radius 1 is 1.10 bits per heavy atom. The molecule has 0 unspecified atom stereocenters. The smallest absolute Gasteiger partial charge is 0.311 e. The average Bonchev–Trinajstić information content (AvgIpc) is 3.09. The molecule has 10 heteroatoms. The number of carbonyl (C=O) groups excluding carboxylic acids is 4. The molecule has 8 nitrogen and oxygen atoms in total. The van der Waals surface area contributed by atoms with Gasteiger partial charge in [0, 0.05) is 17.0 Å². The third-order valence-corrected chi connectivity index (χ3v) is 4.83. The molecule has 3 amide bonds. The molecule has 2 aromatic rings. The number of benzene rings is 2. The van der Waals surface area contributed by atoms with Crippen molar-refractivity contribution in [2.24, 2.45) is 5.92 Å². The van der Waals surface area contributed by atoms with Gasteiger partial charge in [-0.3, -0.25) is 29.6 Å². The normalized spacial score (nSPS) is 15.6. The maximum Gasteiger partial charge on any atom is 0.311 e. The highest BCUT2D eigenvalue weighted by Crippen LogP contribution is 2.25. The monoisotopic (exact) mass is 449 g/mol. The van der Waals surface area contributed by atoms with Crippen molar-refractivity contribution in [3.8, 4) is 0 Å². The third kappa shape index (κ3) is 5.49. The molecular formula is C20H17Cl2N3O5. The van der Waals surface area contributed by atoms with Gasteiger partial charge in [-0.1, -0.05) is 41.4 Å². The summed E-state index contributed by atoms with van der Waals surface area (Å²) in [7, 11) is 0. The van der Waals surface area contributed by atoms with Gasteiger partial charge in [0.2, 0.25) is 5.91 Å². The van der Waals surface area contributed by atoms with E-state index in [1.807, 2.05) is 0 Å². The van der Waals surface area contributed by atoms with Crippen molar-refractivity contribution < 1.29 is 23.9 Å². The Kier molecular flexibility index (Phi) is 6.91. The molecule has 30 heavy (non-hydrogen) atoms. The lowest BCUT2D eigenvalue weighted by atomic mass is 10.1. The lowest BCUT2D eigenvalue weighted by Crippen LogP contribution is -2.43. The summed E-state index contributed by atoms with van der Waals surface area (Å²) in [6.45, 7) is -0.584. The van der Waals surface area contributed by atoms with Gasteiger partial charge in [0.1, 0.15) is 0 Å². The fourth-order valence-corrected chi connectivity index (χ4v) is 3.24. The Balaban J connectivity index is 1.48. The zero-order chi connectivity index (χ0) is 21.7. The van der Waals surface area contributed by atoms with Crippen molar-refractivity contribution in [2.75, 3.05) is 18.5 Å². The summed E-state index contributed by atoms with van der Waals surface area (Å²) in [5.41, 5.74) is 3.18. The number of hydrogen-bond acceptors (Lipinski definition) is 5. The van der Waals surface area contributed by atoms with E-state index in [0.717, 1.165) is 5.01 Å². The fraction of sp³-hybridized carbons (Fsp3) is 0.200. The first kappa shape index (κ1) is 21.6. The van der Waals surface area contributed by atoms with Crippen LogP contribution in [0.3, 0.4) is 0 Å². The van der Waals surface area contributed by atoms with Gasteiger partial charge in [-0.15, -0.1) is 0 Å². The number of anilines is 1. The van der Waals surface area contributed by atoms with Crippen molar-refractivity contribution >= 4 is 52.6 Å². The molecule has 0 bridgehead atoms. The molecule has 1 heterocycles. The van der Waals surface area contributed by atoms with Gasteiger partial charge >= 0.3 is 5.97 Å². The summed E-state index contributed by atoms with van der Waals surface area (Å²) in [5.74, 6) is -2.97. The van der Waals surface area contributed by atoms with Crippen molar-refractivity contribution in [1.82, 2.24) is 10.4 Å². The van der Waals surface area contributed by atoms with Crippen LogP contribution in [0.4, 0.5) is 5.69 Å². The Bertz CT molecular complexity index is 984. The van der Waals surface area contributed by atoms with Crippen molar-refractivity contribution in [1.29, 1.82) is 0 Å². The highest BCUT2D eigenvalue weighted by atomic mass is 35.5. The van der Waals surface area contributed by atoms with Gasteiger partial charge in [0.15, 0.2) is 6.61 Å². The highest BCUT2D eigenvalue weighted by Gasteiger charge is 2.36. The van der Waals surface area contributed by atoms with Crippen LogP contribution in [0.25, 0.3) is 0 Å². The minimum Gasteiger partial charge on any atom is -0.455 e. The summed E-state index contributed by atoms with van der Waals surface area (Å²) >= 11 is 11.8. The van der Waals surface area contributed by atoms with E-state index in [9.17, 15) is 19.2 Å². The zero-order valence-corrected chi connectivity index (χ0v) is 17.1. The third-order valence-electron chi connectivity index (χ3n) is 4.28. The van der Waals surface area contributed by atoms with E-state index < -0.39 is 36.2 Å². The van der Waals surface area contributed by atoms with E-state index in [2.05, 4.69) is 10.7 Å². The SMILES string of the molecule is O=C(COC(=O)[C@H]1CC(=O)N(NC(=O)c2ccccc2)C1)Nc1ccc(Cl)cc1Cl. The van der Waals surface area contributed by atoms with Crippen LogP contribution in [0.2, 0.25) is 10.0 Å². The first-order chi connectivity index (χ1) is 14.3. The lowest BCUT2D eigenvalue weighted by Gasteiger charge is -2.17. The Morgan fingerprint density at radius 2 is 1.83 bits per heavy atom. The number of halogens is 2. The molecule has 3 rings (SSSR count). The van der Waals surface area contributed by atoms with Crippen LogP contribution in [-0.4, -0.2) is 41.9 Å². The Labute approximate surface area is 182 Å². The Morgan fingerprint density at radius 3 is 2.53 bits per heavy atom. The zero-order valence-electron chi connectivity index (χ0n) is 15.6. The summed E-state index contributed by atoms with van der Waals surface area (Å²) in [6, 6.07) is 12.9. The number of hydrogen-bond donors (Lipinski definition) is 2. The van der Waals surface area contributed by atoms with E-state index in [1.165, 1.54) is 12.1 Å². The summed E-state index contributed by atoms with van der Waals surface area (Å²) in [6.07, 6.45) is -0.126. The first-order valence-corrected chi connectivity index (χ1v) is 9.67. The van der Waals surface area contributed by atoms with Crippen LogP contribution >= 0.6 is 23.2 Å². The molecule has 1 aliphatic rings. The van der Waals surface area contributed by atoms with Gasteiger partial charge in [-0.05, 0) is 30.3 Å². The first-order valence-electron chi connectivity index (χ1n) is 8.91. The molecule has 0 saturated carbocycles. The van der Waals surface area contributed by atoms with Gasteiger partial charge in [0.05, 0.1) is 23.2 Å². The molecular weight excluding hydrogens is 433 g/mol. The molecule has 156 valence electrons. The van der Waals surface area contributed by atoms with Crippen LogP contribution in [0, 0.1) is 5.92 Å². The van der Waals surface area contributed by atoms with Gasteiger partial charge in [0.25, 0.3) is 11.8 Å². The van der Waals surface area contributed by atoms with E-state index in [-0.39, 0.29) is 18.0 Å². The van der Waals surface area contributed by atoms with Gasteiger partial charge in [-0.2, -0.15) is 0 Å². The van der Waals surface area contributed by atoms with Crippen LogP contribution in [0.15, 0.2) is 48.5 Å². The van der Waals surface area contributed by atoms with Crippen LogP contribution in [0.5, 0.6) is 0 Å². The molecule has 2 aromatic carbocycles. The molecule has 0 aromatic heterocycles. The maximum absolute atomic E-state index is 12.2. The second-order valence-electron chi connectivity index (χ2n) is 6.49. The second-order valence-corrected chi connectivity index (χ2v) is 7.34. The largest absolute Gasteiger partial charge is 0.455 e. The summed E-state index contributed by atoms with van der Waals surface area (Å²) in [4.78, 5) is 48.5. The maximum atomic E-state index is 12.2. The standard InChI is InChI=1S/C20H17Cl2N3O5/c21-14-6-7-16(15(22)9-14)23-17(26)11-30-20(29)13-8-18(27)25(10-13)24-19(28)12-4-2-1-3-5-12/h1-7,9,13H,8,10-11H2,(H,23,26)(H,24,28)/t13-/m0/s1. The molecule has 1 fully saturated rings. The van der Waals surface area contributed by atoms with E-state index in [4.69, 9.17) is 27.9 Å². The highest BCUT2D eigenvalue weighted by molar-refractivity contribution is 6.36.